The van der Waals surface area contributed by atoms with Gasteiger partial charge in [0.15, 0.2) is 0 Å². The van der Waals surface area contributed by atoms with Gasteiger partial charge in [-0.05, 0) is 48.3 Å². The number of hydrogen-bond donors (Lipinski definition) is 1. The molecule has 3 heterocycles. The summed E-state index contributed by atoms with van der Waals surface area (Å²) in [5.41, 5.74) is 0. The predicted octanol–water partition coefficient (Wildman–Crippen LogP) is 2.22. The molecule has 1 atom stereocenters. The second-order valence-corrected chi connectivity index (χ2v) is 8.02. The first-order valence-electron chi connectivity index (χ1n) is 7.63. The highest BCUT2D eigenvalue weighted by atomic mass is 79.9. The van der Waals surface area contributed by atoms with Crippen LogP contribution in [0, 0.1) is 6.92 Å². The Morgan fingerprint density at radius 3 is 2.86 bits per heavy atom. The smallest absolute Gasteiger partial charge is 0.240 e. The van der Waals surface area contributed by atoms with Crippen LogP contribution in [0.15, 0.2) is 10.5 Å². The zero-order valence-electron chi connectivity index (χ0n) is 12.4. The van der Waals surface area contributed by atoms with E-state index >= 15 is 0 Å². The van der Waals surface area contributed by atoms with Crippen molar-refractivity contribution in [3.05, 3.63) is 20.3 Å². The van der Waals surface area contributed by atoms with Crippen LogP contribution in [0.5, 0.6) is 0 Å². The SMILES string of the molecule is Cc1sc(CN2CCCC2C(=O)N2CCNCC2)cc1Br. The third-order valence-corrected chi connectivity index (χ3v) is 6.47. The Labute approximate surface area is 138 Å². The average molecular weight is 372 g/mol. The lowest BCUT2D eigenvalue weighted by Crippen LogP contribution is -2.52. The fourth-order valence-corrected chi connectivity index (χ4v) is 4.81. The molecule has 1 unspecified atom stereocenters. The summed E-state index contributed by atoms with van der Waals surface area (Å²) in [6, 6.07) is 2.29. The monoisotopic (exact) mass is 371 g/mol. The number of likely N-dealkylation sites (tertiary alicyclic amines) is 1. The Morgan fingerprint density at radius 2 is 2.19 bits per heavy atom. The van der Waals surface area contributed by atoms with Crippen molar-refractivity contribution in [2.24, 2.45) is 0 Å². The maximum Gasteiger partial charge on any atom is 0.240 e. The van der Waals surface area contributed by atoms with Gasteiger partial charge < -0.3 is 10.2 Å². The summed E-state index contributed by atoms with van der Waals surface area (Å²) >= 11 is 5.41. The lowest BCUT2D eigenvalue weighted by Gasteiger charge is -2.32. The largest absolute Gasteiger partial charge is 0.339 e. The van der Waals surface area contributed by atoms with E-state index in [-0.39, 0.29) is 6.04 Å². The van der Waals surface area contributed by atoms with Crippen molar-refractivity contribution in [3.63, 3.8) is 0 Å². The van der Waals surface area contributed by atoms with Crippen LogP contribution in [0.2, 0.25) is 0 Å². The minimum atomic E-state index is 0.0873. The van der Waals surface area contributed by atoms with Crippen LogP contribution in [0.25, 0.3) is 0 Å². The van der Waals surface area contributed by atoms with Gasteiger partial charge in [-0.3, -0.25) is 9.69 Å². The molecule has 21 heavy (non-hydrogen) atoms. The molecule has 0 spiro atoms. The summed E-state index contributed by atoms with van der Waals surface area (Å²) in [7, 11) is 0. The van der Waals surface area contributed by atoms with Crippen LogP contribution in [0.1, 0.15) is 22.6 Å². The van der Waals surface area contributed by atoms with Crippen LogP contribution in [-0.2, 0) is 11.3 Å². The molecule has 2 saturated heterocycles. The molecule has 1 aromatic heterocycles. The zero-order chi connectivity index (χ0) is 14.8. The first kappa shape index (κ1) is 15.5. The van der Waals surface area contributed by atoms with Crippen LogP contribution in [0.3, 0.4) is 0 Å². The summed E-state index contributed by atoms with van der Waals surface area (Å²) < 4.78 is 1.19. The van der Waals surface area contributed by atoms with E-state index in [0.717, 1.165) is 52.1 Å². The van der Waals surface area contributed by atoms with Crippen LogP contribution in [-0.4, -0.2) is 54.5 Å². The Hall–Kier alpha value is -0.430. The molecule has 1 amide bonds. The number of thiophene rings is 1. The van der Waals surface area contributed by atoms with E-state index in [0.29, 0.717) is 5.91 Å². The number of amides is 1. The first-order chi connectivity index (χ1) is 10.1. The molecule has 6 heteroatoms. The number of nitrogens with zero attached hydrogens (tertiary/aromatic N) is 2. The number of hydrogen-bond acceptors (Lipinski definition) is 4. The van der Waals surface area contributed by atoms with Gasteiger partial charge in [-0.2, -0.15) is 0 Å². The van der Waals surface area contributed by atoms with E-state index in [2.05, 4.69) is 39.1 Å². The van der Waals surface area contributed by atoms with Gasteiger partial charge in [0.2, 0.25) is 5.91 Å². The highest BCUT2D eigenvalue weighted by Crippen LogP contribution is 2.30. The quantitative estimate of drug-likeness (QED) is 0.884. The average Bonchev–Trinajstić information content (AvgIpc) is 3.07. The van der Waals surface area contributed by atoms with E-state index in [1.165, 1.54) is 14.2 Å². The Bertz CT molecular complexity index is 494. The number of carbonyl (C=O) groups is 1. The predicted molar refractivity (Wildman–Crippen MR) is 89.6 cm³/mol. The standard InChI is InChI=1S/C15H22BrN3OS/c1-11-13(16)9-12(21-11)10-19-6-2-3-14(19)15(20)18-7-4-17-5-8-18/h9,14,17H,2-8,10H2,1H3. The Kier molecular flexibility index (Phi) is 4.99. The molecule has 0 bridgehead atoms. The molecule has 0 aromatic carbocycles. The third kappa shape index (κ3) is 3.50. The van der Waals surface area contributed by atoms with Crippen molar-refractivity contribution in [2.45, 2.75) is 32.4 Å². The van der Waals surface area contributed by atoms with Gasteiger partial charge in [-0.25, -0.2) is 0 Å². The highest BCUT2D eigenvalue weighted by Gasteiger charge is 2.34. The lowest BCUT2D eigenvalue weighted by molar-refractivity contribution is -0.136. The number of aryl methyl sites for hydroxylation is 1. The van der Waals surface area contributed by atoms with E-state index in [9.17, 15) is 4.79 Å². The lowest BCUT2D eigenvalue weighted by atomic mass is 10.1. The second-order valence-electron chi connectivity index (χ2n) is 5.82. The zero-order valence-corrected chi connectivity index (χ0v) is 14.8. The molecule has 2 fully saturated rings. The van der Waals surface area contributed by atoms with Crippen molar-refractivity contribution in [1.82, 2.24) is 15.1 Å². The van der Waals surface area contributed by atoms with E-state index < -0.39 is 0 Å². The highest BCUT2D eigenvalue weighted by molar-refractivity contribution is 9.10. The van der Waals surface area contributed by atoms with Gasteiger partial charge in [-0.1, -0.05) is 0 Å². The van der Waals surface area contributed by atoms with Gasteiger partial charge >= 0.3 is 0 Å². The molecule has 2 aliphatic rings. The van der Waals surface area contributed by atoms with Gasteiger partial charge in [0, 0.05) is 47.0 Å². The molecule has 4 nitrogen and oxygen atoms in total. The van der Waals surface area contributed by atoms with Gasteiger partial charge in [0.05, 0.1) is 6.04 Å². The molecule has 0 saturated carbocycles. The van der Waals surface area contributed by atoms with E-state index in [4.69, 9.17) is 0 Å². The molecular formula is C15H22BrN3OS. The third-order valence-electron chi connectivity index (χ3n) is 4.34. The van der Waals surface area contributed by atoms with E-state index in [1.807, 2.05) is 16.2 Å². The first-order valence-corrected chi connectivity index (χ1v) is 9.24. The molecule has 2 aliphatic heterocycles. The number of halogens is 1. The van der Waals surface area contributed by atoms with Crippen molar-refractivity contribution in [3.8, 4) is 0 Å². The Balaban J connectivity index is 1.65. The fraction of sp³-hybridized carbons (Fsp3) is 0.667. The minimum absolute atomic E-state index is 0.0873. The maximum atomic E-state index is 12.7. The summed E-state index contributed by atoms with van der Waals surface area (Å²) in [6.45, 7) is 7.63. The number of rotatable bonds is 3. The van der Waals surface area contributed by atoms with Crippen molar-refractivity contribution in [2.75, 3.05) is 32.7 Å². The van der Waals surface area contributed by atoms with Gasteiger partial charge in [-0.15, -0.1) is 11.3 Å². The van der Waals surface area contributed by atoms with Crippen LogP contribution < -0.4 is 5.32 Å². The number of carbonyl (C=O) groups excluding carboxylic acids is 1. The fourth-order valence-electron chi connectivity index (χ4n) is 3.19. The molecule has 0 radical (unpaired) electrons. The van der Waals surface area contributed by atoms with Crippen LogP contribution >= 0.6 is 27.3 Å². The number of piperazine rings is 1. The summed E-state index contributed by atoms with van der Waals surface area (Å²) in [5, 5.41) is 3.31. The number of nitrogens with one attached hydrogen (secondary N) is 1. The van der Waals surface area contributed by atoms with Gasteiger partial charge in [0.25, 0.3) is 0 Å². The van der Waals surface area contributed by atoms with E-state index in [1.54, 1.807) is 0 Å². The summed E-state index contributed by atoms with van der Waals surface area (Å²) in [4.78, 5) is 19.8. The molecule has 1 N–H and O–H groups in total. The minimum Gasteiger partial charge on any atom is -0.339 e. The summed E-state index contributed by atoms with van der Waals surface area (Å²) in [5.74, 6) is 0.335. The van der Waals surface area contributed by atoms with Crippen molar-refractivity contribution in [1.29, 1.82) is 0 Å². The van der Waals surface area contributed by atoms with Crippen molar-refractivity contribution < 1.29 is 4.79 Å². The van der Waals surface area contributed by atoms with Gasteiger partial charge in [0.1, 0.15) is 0 Å². The van der Waals surface area contributed by atoms with Crippen LogP contribution in [0.4, 0.5) is 0 Å². The topological polar surface area (TPSA) is 35.6 Å². The summed E-state index contributed by atoms with van der Waals surface area (Å²) in [6.07, 6.45) is 2.14. The molecular weight excluding hydrogens is 350 g/mol. The second kappa shape index (κ2) is 6.77. The molecule has 0 aliphatic carbocycles. The molecule has 3 rings (SSSR count). The molecule has 116 valence electrons. The normalized spacial score (nSPS) is 23.7. The molecule has 1 aromatic rings. The van der Waals surface area contributed by atoms with Crippen molar-refractivity contribution >= 4 is 33.2 Å². The maximum absolute atomic E-state index is 12.7. The Morgan fingerprint density at radius 1 is 1.43 bits per heavy atom.